The second-order valence-electron chi connectivity index (χ2n) is 4.31. The van der Waals surface area contributed by atoms with Crippen LogP contribution < -0.4 is 11.3 Å². The monoisotopic (exact) mass is 300 g/mol. The van der Waals surface area contributed by atoms with Crippen LogP contribution in [0.25, 0.3) is 0 Å². The van der Waals surface area contributed by atoms with Crippen molar-refractivity contribution in [2.45, 2.75) is 37.7 Å². The van der Waals surface area contributed by atoms with Gasteiger partial charge in [-0.2, -0.15) is 26.3 Å². The Hall–Kier alpha value is -1.28. The normalized spacial score (nSPS) is 14.3. The van der Waals surface area contributed by atoms with Crippen LogP contribution in [0.4, 0.5) is 26.3 Å². The van der Waals surface area contributed by atoms with Crippen molar-refractivity contribution in [3.63, 3.8) is 0 Å². The van der Waals surface area contributed by atoms with Crippen LogP contribution in [0, 0.1) is 0 Å². The van der Waals surface area contributed by atoms with E-state index in [1.54, 1.807) is 0 Å². The summed E-state index contributed by atoms with van der Waals surface area (Å²) in [4.78, 5) is 0. The number of hydrazine groups is 1. The van der Waals surface area contributed by atoms with E-state index in [0.717, 1.165) is 6.07 Å². The zero-order valence-electron chi connectivity index (χ0n) is 10.4. The number of benzene rings is 1. The van der Waals surface area contributed by atoms with E-state index < -0.39 is 30.4 Å². The van der Waals surface area contributed by atoms with Gasteiger partial charge in [0.05, 0.1) is 5.56 Å². The summed E-state index contributed by atoms with van der Waals surface area (Å²) in [6.45, 7) is 0. The maximum absolute atomic E-state index is 12.8. The summed E-state index contributed by atoms with van der Waals surface area (Å²) in [5, 5.41) is 0. The first kappa shape index (κ1) is 16.8. The van der Waals surface area contributed by atoms with E-state index in [1.165, 1.54) is 18.2 Å². The summed E-state index contributed by atoms with van der Waals surface area (Å²) in [7, 11) is 0. The van der Waals surface area contributed by atoms with Crippen LogP contribution in [0.1, 0.15) is 36.4 Å². The standard InChI is InChI=1S/C12H14F6N2/c13-11(14,15)7-3-6-10(20-19)8-4-1-2-5-9(8)12(16,17)18/h1-2,4-5,10,20H,3,6-7,19H2. The van der Waals surface area contributed by atoms with E-state index >= 15 is 0 Å². The molecule has 0 heterocycles. The molecule has 0 aliphatic rings. The lowest BCUT2D eigenvalue weighted by Crippen LogP contribution is -2.30. The first-order valence-electron chi connectivity index (χ1n) is 5.84. The molecule has 0 aromatic heterocycles. The molecule has 0 amide bonds. The topological polar surface area (TPSA) is 38.0 Å². The van der Waals surface area contributed by atoms with Crippen molar-refractivity contribution < 1.29 is 26.3 Å². The van der Waals surface area contributed by atoms with Crippen molar-refractivity contribution in [1.29, 1.82) is 0 Å². The second kappa shape index (κ2) is 6.45. The van der Waals surface area contributed by atoms with Gasteiger partial charge < -0.3 is 0 Å². The molecule has 0 fully saturated rings. The van der Waals surface area contributed by atoms with Crippen LogP contribution in [-0.4, -0.2) is 6.18 Å². The SMILES string of the molecule is NNC(CCCC(F)(F)F)c1ccccc1C(F)(F)F. The highest BCUT2D eigenvalue weighted by Crippen LogP contribution is 2.36. The van der Waals surface area contributed by atoms with Crippen LogP contribution in [0.2, 0.25) is 0 Å². The molecule has 3 N–H and O–H groups in total. The number of halogens is 6. The quantitative estimate of drug-likeness (QED) is 0.491. The molecule has 0 saturated heterocycles. The molecule has 0 saturated carbocycles. The van der Waals surface area contributed by atoms with Gasteiger partial charge in [-0.15, -0.1) is 0 Å². The number of nitrogens with one attached hydrogen (secondary N) is 1. The van der Waals surface area contributed by atoms with Crippen LogP contribution in [0.15, 0.2) is 24.3 Å². The lowest BCUT2D eigenvalue weighted by molar-refractivity contribution is -0.139. The highest BCUT2D eigenvalue weighted by Gasteiger charge is 2.35. The fourth-order valence-electron chi connectivity index (χ4n) is 1.89. The first-order valence-corrected chi connectivity index (χ1v) is 5.84. The summed E-state index contributed by atoms with van der Waals surface area (Å²) >= 11 is 0. The Kier molecular flexibility index (Phi) is 5.41. The Labute approximate surface area is 111 Å². The first-order chi connectivity index (χ1) is 9.15. The van der Waals surface area contributed by atoms with Crippen molar-refractivity contribution in [1.82, 2.24) is 5.43 Å². The lowest BCUT2D eigenvalue weighted by Gasteiger charge is -2.21. The minimum atomic E-state index is -4.57. The Morgan fingerprint density at radius 1 is 1.05 bits per heavy atom. The number of nitrogens with two attached hydrogens (primary N) is 1. The predicted molar refractivity (Wildman–Crippen MR) is 61.4 cm³/mol. The second-order valence-corrected chi connectivity index (χ2v) is 4.31. The van der Waals surface area contributed by atoms with Crippen LogP contribution in [-0.2, 0) is 6.18 Å². The third kappa shape index (κ3) is 5.01. The smallest absolute Gasteiger partial charge is 0.271 e. The third-order valence-corrected chi connectivity index (χ3v) is 2.80. The van der Waals surface area contributed by atoms with E-state index in [-0.39, 0.29) is 18.4 Å². The minimum Gasteiger partial charge on any atom is -0.271 e. The lowest BCUT2D eigenvalue weighted by atomic mass is 9.96. The van der Waals surface area contributed by atoms with Crippen molar-refractivity contribution >= 4 is 0 Å². The zero-order chi connectivity index (χ0) is 15.4. The summed E-state index contributed by atoms with van der Waals surface area (Å²) in [6, 6.07) is 3.72. The summed E-state index contributed by atoms with van der Waals surface area (Å²) in [5.74, 6) is 5.17. The summed E-state index contributed by atoms with van der Waals surface area (Å²) in [6.07, 6.45) is -10.4. The number of hydrogen-bond donors (Lipinski definition) is 2. The number of hydrogen-bond acceptors (Lipinski definition) is 2. The largest absolute Gasteiger partial charge is 0.416 e. The molecule has 0 aliphatic heterocycles. The van der Waals surface area contributed by atoms with Gasteiger partial charge in [-0.1, -0.05) is 18.2 Å². The van der Waals surface area contributed by atoms with Crippen molar-refractivity contribution in [2.24, 2.45) is 5.84 Å². The van der Waals surface area contributed by atoms with Gasteiger partial charge in [-0.05, 0) is 24.5 Å². The van der Waals surface area contributed by atoms with Crippen molar-refractivity contribution in [3.05, 3.63) is 35.4 Å². The van der Waals surface area contributed by atoms with E-state index in [0.29, 0.717) is 0 Å². The molecule has 0 spiro atoms. The number of rotatable bonds is 5. The fraction of sp³-hybridized carbons (Fsp3) is 0.500. The third-order valence-electron chi connectivity index (χ3n) is 2.80. The van der Waals surface area contributed by atoms with E-state index in [1.807, 2.05) is 0 Å². The Balaban J connectivity index is 2.85. The van der Waals surface area contributed by atoms with Gasteiger partial charge in [0.2, 0.25) is 0 Å². The van der Waals surface area contributed by atoms with Gasteiger partial charge in [-0.25, -0.2) is 0 Å². The fourth-order valence-corrected chi connectivity index (χ4v) is 1.89. The molecule has 0 bridgehead atoms. The molecule has 1 atom stereocenters. The molecule has 20 heavy (non-hydrogen) atoms. The van der Waals surface area contributed by atoms with Crippen LogP contribution >= 0.6 is 0 Å². The van der Waals surface area contributed by atoms with Gasteiger partial charge in [0.1, 0.15) is 0 Å². The Morgan fingerprint density at radius 2 is 1.65 bits per heavy atom. The molecule has 1 unspecified atom stereocenters. The van der Waals surface area contributed by atoms with Gasteiger partial charge in [0, 0.05) is 12.5 Å². The predicted octanol–water partition coefficient (Wildman–Crippen LogP) is 3.94. The van der Waals surface area contributed by atoms with Crippen LogP contribution in [0.3, 0.4) is 0 Å². The highest BCUT2D eigenvalue weighted by molar-refractivity contribution is 5.32. The molecule has 1 aromatic rings. The number of alkyl halides is 6. The summed E-state index contributed by atoms with van der Waals surface area (Å²) in [5.41, 5.74) is 1.11. The zero-order valence-corrected chi connectivity index (χ0v) is 10.4. The average Bonchev–Trinajstić information content (AvgIpc) is 2.32. The van der Waals surface area contributed by atoms with Gasteiger partial charge >= 0.3 is 12.4 Å². The average molecular weight is 300 g/mol. The molecular formula is C12H14F6N2. The molecule has 1 aromatic carbocycles. The Morgan fingerprint density at radius 3 is 2.15 bits per heavy atom. The molecule has 0 aliphatic carbocycles. The molecule has 114 valence electrons. The highest BCUT2D eigenvalue weighted by atomic mass is 19.4. The molecule has 8 heteroatoms. The van der Waals surface area contributed by atoms with E-state index in [4.69, 9.17) is 5.84 Å². The Bertz CT molecular complexity index is 427. The maximum atomic E-state index is 12.8. The molecule has 2 nitrogen and oxygen atoms in total. The van der Waals surface area contributed by atoms with E-state index in [9.17, 15) is 26.3 Å². The van der Waals surface area contributed by atoms with Gasteiger partial charge in [-0.3, -0.25) is 11.3 Å². The van der Waals surface area contributed by atoms with Crippen molar-refractivity contribution in [2.75, 3.05) is 0 Å². The van der Waals surface area contributed by atoms with Gasteiger partial charge in [0.15, 0.2) is 0 Å². The van der Waals surface area contributed by atoms with Gasteiger partial charge in [0.25, 0.3) is 0 Å². The minimum absolute atomic E-state index is 0.136. The molecule has 1 rings (SSSR count). The van der Waals surface area contributed by atoms with E-state index in [2.05, 4.69) is 5.43 Å². The van der Waals surface area contributed by atoms with Crippen molar-refractivity contribution in [3.8, 4) is 0 Å². The molecular weight excluding hydrogens is 286 g/mol. The van der Waals surface area contributed by atoms with Crippen LogP contribution in [0.5, 0.6) is 0 Å². The molecule has 0 radical (unpaired) electrons. The summed E-state index contributed by atoms with van der Waals surface area (Å²) < 4.78 is 74.6. The maximum Gasteiger partial charge on any atom is 0.416 e.